The number of nitrogens with zero attached hydrogens (tertiary/aromatic N) is 2. The van der Waals surface area contributed by atoms with Crippen LogP contribution < -0.4 is 20.3 Å². The first-order valence-corrected chi connectivity index (χ1v) is 9.96. The number of aromatic nitrogens is 2. The second-order valence-corrected chi connectivity index (χ2v) is 7.19. The first-order valence-electron chi connectivity index (χ1n) is 9.96. The minimum Gasteiger partial charge on any atom is -0.493 e. The summed E-state index contributed by atoms with van der Waals surface area (Å²) in [6, 6.07) is 13.4. The molecular weight excluding hydrogens is 382 g/mol. The fourth-order valence-corrected chi connectivity index (χ4v) is 3.31. The standard InChI is InChI=1S/C23H27N3O4/c1-16(17-8-5-4-6-9-17)14-24-22(27)10-7-11-26-15-25-19-13-21(30-3)20(29-2)12-18(19)23(26)28/h4-6,8-9,12-13,15-16H,7,10-11,14H2,1-3H3,(H,24,27)/t16-/m1/s1. The number of benzene rings is 2. The lowest BCUT2D eigenvalue weighted by Crippen LogP contribution is -2.28. The van der Waals surface area contributed by atoms with Crippen molar-refractivity contribution in [3.05, 3.63) is 64.7 Å². The van der Waals surface area contributed by atoms with E-state index in [9.17, 15) is 9.59 Å². The van der Waals surface area contributed by atoms with Crippen molar-refractivity contribution < 1.29 is 14.3 Å². The van der Waals surface area contributed by atoms with Gasteiger partial charge in [-0.1, -0.05) is 37.3 Å². The lowest BCUT2D eigenvalue weighted by molar-refractivity contribution is -0.121. The Morgan fingerprint density at radius 1 is 1.13 bits per heavy atom. The number of carbonyl (C=O) groups is 1. The summed E-state index contributed by atoms with van der Waals surface area (Å²) in [5, 5.41) is 3.42. The summed E-state index contributed by atoms with van der Waals surface area (Å²) >= 11 is 0. The monoisotopic (exact) mass is 409 g/mol. The van der Waals surface area contributed by atoms with Crippen LogP contribution >= 0.6 is 0 Å². The molecule has 2 aromatic carbocycles. The fourth-order valence-electron chi connectivity index (χ4n) is 3.31. The van der Waals surface area contributed by atoms with Gasteiger partial charge in [0.25, 0.3) is 5.56 Å². The third-order valence-corrected chi connectivity index (χ3v) is 5.11. The Balaban J connectivity index is 1.57. The quantitative estimate of drug-likeness (QED) is 0.587. The molecular formula is C23H27N3O4. The molecule has 0 unspecified atom stereocenters. The number of rotatable bonds is 9. The number of fused-ring (bicyclic) bond motifs is 1. The normalized spacial score (nSPS) is 11.8. The topological polar surface area (TPSA) is 82.5 Å². The smallest absolute Gasteiger partial charge is 0.261 e. The van der Waals surface area contributed by atoms with Gasteiger partial charge in [0.1, 0.15) is 0 Å². The molecule has 0 saturated carbocycles. The van der Waals surface area contributed by atoms with Gasteiger partial charge in [0.05, 0.1) is 31.4 Å². The van der Waals surface area contributed by atoms with E-state index >= 15 is 0 Å². The van der Waals surface area contributed by atoms with E-state index in [4.69, 9.17) is 9.47 Å². The molecule has 0 saturated heterocycles. The summed E-state index contributed by atoms with van der Waals surface area (Å²) in [6.45, 7) is 3.08. The number of ether oxygens (including phenoxy) is 2. The molecule has 0 radical (unpaired) electrons. The first-order chi connectivity index (χ1) is 14.5. The Bertz CT molecular complexity index is 1060. The van der Waals surface area contributed by atoms with Gasteiger partial charge in [-0.25, -0.2) is 4.98 Å². The minimum absolute atomic E-state index is 0.0222. The fraction of sp³-hybridized carbons (Fsp3) is 0.348. The molecule has 7 heteroatoms. The highest BCUT2D eigenvalue weighted by Crippen LogP contribution is 2.29. The molecule has 1 heterocycles. The molecule has 0 aliphatic rings. The Morgan fingerprint density at radius 2 is 1.83 bits per heavy atom. The molecule has 1 amide bonds. The van der Waals surface area contributed by atoms with Gasteiger partial charge in [-0.15, -0.1) is 0 Å². The number of hydrogen-bond acceptors (Lipinski definition) is 5. The van der Waals surface area contributed by atoms with Crippen LogP contribution in [-0.4, -0.2) is 36.2 Å². The van der Waals surface area contributed by atoms with E-state index in [1.807, 2.05) is 18.2 Å². The number of carbonyl (C=O) groups excluding carboxylic acids is 1. The van der Waals surface area contributed by atoms with Crippen molar-refractivity contribution in [2.45, 2.75) is 32.2 Å². The van der Waals surface area contributed by atoms with Crippen molar-refractivity contribution in [3.8, 4) is 11.5 Å². The number of amides is 1. The highest BCUT2D eigenvalue weighted by Gasteiger charge is 2.12. The average Bonchev–Trinajstić information content (AvgIpc) is 2.78. The summed E-state index contributed by atoms with van der Waals surface area (Å²) in [6.07, 6.45) is 2.40. The number of hydrogen-bond donors (Lipinski definition) is 1. The van der Waals surface area contributed by atoms with Crippen LogP contribution in [0.1, 0.15) is 31.2 Å². The van der Waals surface area contributed by atoms with Gasteiger partial charge in [-0.05, 0) is 24.0 Å². The van der Waals surface area contributed by atoms with E-state index in [-0.39, 0.29) is 17.4 Å². The Hall–Kier alpha value is -3.35. The van der Waals surface area contributed by atoms with Gasteiger partial charge in [-0.3, -0.25) is 14.2 Å². The third-order valence-electron chi connectivity index (χ3n) is 5.11. The van der Waals surface area contributed by atoms with Crippen molar-refractivity contribution in [1.82, 2.24) is 14.9 Å². The van der Waals surface area contributed by atoms with Gasteiger partial charge in [0.15, 0.2) is 11.5 Å². The molecule has 1 aromatic heterocycles. The predicted molar refractivity (Wildman–Crippen MR) is 116 cm³/mol. The molecule has 3 rings (SSSR count). The van der Waals surface area contributed by atoms with Crippen LogP contribution in [0.2, 0.25) is 0 Å². The van der Waals surface area contributed by atoms with Crippen LogP contribution in [0.5, 0.6) is 11.5 Å². The lowest BCUT2D eigenvalue weighted by Gasteiger charge is -2.13. The van der Waals surface area contributed by atoms with Crippen LogP contribution in [-0.2, 0) is 11.3 Å². The van der Waals surface area contributed by atoms with Crippen molar-refractivity contribution in [3.63, 3.8) is 0 Å². The number of methoxy groups -OCH3 is 2. The molecule has 0 fully saturated rings. The summed E-state index contributed by atoms with van der Waals surface area (Å²) in [4.78, 5) is 29.3. The molecule has 7 nitrogen and oxygen atoms in total. The zero-order valence-corrected chi connectivity index (χ0v) is 17.6. The van der Waals surface area contributed by atoms with Crippen LogP contribution in [0, 0.1) is 0 Å². The summed E-state index contributed by atoms with van der Waals surface area (Å²) in [7, 11) is 3.06. The maximum Gasteiger partial charge on any atom is 0.261 e. The Kier molecular flexibility index (Phi) is 7.06. The summed E-state index contributed by atoms with van der Waals surface area (Å²) in [5.74, 6) is 1.23. The van der Waals surface area contributed by atoms with Crippen molar-refractivity contribution in [1.29, 1.82) is 0 Å². The lowest BCUT2D eigenvalue weighted by atomic mass is 10.0. The highest BCUT2D eigenvalue weighted by molar-refractivity contribution is 5.81. The van der Waals surface area contributed by atoms with Gasteiger partial charge in [0.2, 0.25) is 5.91 Å². The molecule has 0 spiro atoms. The first kappa shape index (κ1) is 21.4. The van der Waals surface area contributed by atoms with Gasteiger partial charge in [0, 0.05) is 25.6 Å². The maximum absolute atomic E-state index is 12.8. The van der Waals surface area contributed by atoms with Crippen LogP contribution in [0.15, 0.2) is 53.6 Å². The zero-order valence-electron chi connectivity index (χ0n) is 17.6. The van der Waals surface area contributed by atoms with E-state index in [2.05, 4.69) is 29.4 Å². The molecule has 3 aromatic rings. The number of nitrogens with one attached hydrogen (secondary N) is 1. The molecule has 158 valence electrons. The molecule has 0 aliphatic heterocycles. The van der Waals surface area contributed by atoms with Gasteiger partial charge >= 0.3 is 0 Å². The van der Waals surface area contributed by atoms with Crippen LogP contribution in [0.25, 0.3) is 10.9 Å². The van der Waals surface area contributed by atoms with Crippen molar-refractivity contribution >= 4 is 16.8 Å². The SMILES string of the molecule is COc1cc2ncn(CCCC(=O)NC[C@@H](C)c3ccccc3)c(=O)c2cc1OC. The second-order valence-electron chi connectivity index (χ2n) is 7.19. The van der Waals surface area contributed by atoms with E-state index < -0.39 is 0 Å². The van der Waals surface area contributed by atoms with Crippen LogP contribution in [0.4, 0.5) is 0 Å². The molecule has 0 bridgehead atoms. The van der Waals surface area contributed by atoms with Crippen molar-refractivity contribution in [2.24, 2.45) is 0 Å². The van der Waals surface area contributed by atoms with Gasteiger partial charge < -0.3 is 14.8 Å². The van der Waals surface area contributed by atoms with Gasteiger partial charge in [-0.2, -0.15) is 0 Å². The molecule has 1 N–H and O–H groups in total. The maximum atomic E-state index is 12.8. The minimum atomic E-state index is -0.168. The van der Waals surface area contributed by atoms with Crippen LogP contribution in [0.3, 0.4) is 0 Å². The van der Waals surface area contributed by atoms with E-state index in [1.165, 1.54) is 30.7 Å². The Labute approximate surface area is 175 Å². The molecule has 0 aliphatic carbocycles. The van der Waals surface area contributed by atoms with E-state index in [0.29, 0.717) is 48.3 Å². The highest BCUT2D eigenvalue weighted by atomic mass is 16.5. The second kappa shape index (κ2) is 9.91. The molecule has 30 heavy (non-hydrogen) atoms. The largest absolute Gasteiger partial charge is 0.493 e. The average molecular weight is 409 g/mol. The van der Waals surface area contributed by atoms with E-state index in [0.717, 1.165) is 0 Å². The summed E-state index contributed by atoms with van der Waals surface area (Å²) < 4.78 is 12.1. The summed E-state index contributed by atoms with van der Waals surface area (Å²) in [5.41, 5.74) is 1.57. The Morgan fingerprint density at radius 3 is 2.53 bits per heavy atom. The predicted octanol–water partition coefficient (Wildman–Crippen LogP) is 3.11. The third kappa shape index (κ3) is 4.97. The molecule has 1 atom stereocenters. The van der Waals surface area contributed by atoms with E-state index in [1.54, 1.807) is 12.1 Å². The van der Waals surface area contributed by atoms with Crippen molar-refractivity contribution in [2.75, 3.05) is 20.8 Å². The number of aryl methyl sites for hydroxylation is 1. The zero-order chi connectivity index (χ0) is 21.5.